The first-order valence-corrected chi connectivity index (χ1v) is 11.2. The summed E-state index contributed by atoms with van der Waals surface area (Å²) in [5.41, 5.74) is 3.24. The molecule has 0 fully saturated rings. The summed E-state index contributed by atoms with van der Waals surface area (Å²) in [6.07, 6.45) is 0. The van der Waals surface area contributed by atoms with Crippen LogP contribution in [0, 0.1) is 13.8 Å². The lowest BCUT2D eigenvalue weighted by atomic mass is 10.2. The molecule has 0 aliphatic carbocycles. The van der Waals surface area contributed by atoms with Crippen LogP contribution in [0.5, 0.6) is 0 Å². The number of hydrogen-bond acceptors (Lipinski definition) is 7. The molecular weight excluding hydrogens is 416 g/mol. The summed E-state index contributed by atoms with van der Waals surface area (Å²) in [7, 11) is 0. The molecule has 0 unspecified atom stereocenters. The van der Waals surface area contributed by atoms with Gasteiger partial charge in [-0.1, -0.05) is 71.6 Å². The quantitative estimate of drug-likeness (QED) is 0.442. The Bertz CT molecular complexity index is 1160. The van der Waals surface area contributed by atoms with E-state index in [-0.39, 0.29) is 5.91 Å². The van der Waals surface area contributed by atoms with Gasteiger partial charge in [0.05, 0.1) is 11.4 Å². The number of carbonyl (C=O) groups excluding carboxylic acids is 1. The monoisotopic (exact) mass is 436 g/mol. The van der Waals surface area contributed by atoms with Gasteiger partial charge in [-0.2, -0.15) is 0 Å². The van der Waals surface area contributed by atoms with Crippen LogP contribution in [0.2, 0.25) is 0 Å². The van der Waals surface area contributed by atoms with Crippen molar-refractivity contribution >= 4 is 29.0 Å². The molecule has 0 spiro atoms. The van der Waals surface area contributed by atoms with Crippen molar-refractivity contribution in [2.24, 2.45) is 0 Å². The Balaban J connectivity index is 1.41. The Morgan fingerprint density at radius 3 is 2.57 bits per heavy atom. The number of benzene rings is 2. The summed E-state index contributed by atoms with van der Waals surface area (Å²) in [4.78, 5) is 12.3. The minimum absolute atomic E-state index is 0.216. The van der Waals surface area contributed by atoms with Crippen LogP contribution in [0.3, 0.4) is 0 Å². The van der Waals surface area contributed by atoms with Crippen LogP contribution in [0.25, 0.3) is 5.69 Å². The van der Waals surface area contributed by atoms with Crippen LogP contribution < -0.4 is 5.32 Å². The third-order valence-electron chi connectivity index (χ3n) is 4.43. The predicted octanol–water partition coefficient (Wildman–Crippen LogP) is 3.96. The largest absolute Gasteiger partial charge is 0.346 e. The molecule has 0 radical (unpaired) electrons. The predicted molar refractivity (Wildman–Crippen MR) is 118 cm³/mol. The molecule has 1 amide bonds. The van der Waals surface area contributed by atoms with Crippen LogP contribution in [0.15, 0.2) is 59.8 Å². The fourth-order valence-electron chi connectivity index (χ4n) is 2.91. The third-order valence-corrected chi connectivity index (χ3v) is 6.48. The molecule has 1 N–H and O–H groups in total. The molecule has 0 aliphatic heterocycles. The Kier molecular flexibility index (Phi) is 6.20. The zero-order valence-electron chi connectivity index (χ0n) is 16.6. The van der Waals surface area contributed by atoms with Gasteiger partial charge in [0.25, 0.3) is 5.91 Å². The normalized spacial score (nSPS) is 10.9. The number of nitrogens with one attached hydrogen (secondary N) is 1. The highest BCUT2D eigenvalue weighted by molar-refractivity contribution is 7.98. The summed E-state index contributed by atoms with van der Waals surface area (Å²) in [6.45, 7) is 4.46. The summed E-state index contributed by atoms with van der Waals surface area (Å²) in [5, 5.41) is 21.5. The molecule has 0 aliphatic rings. The molecule has 7 nitrogen and oxygen atoms in total. The van der Waals surface area contributed by atoms with Crippen LogP contribution >= 0.6 is 23.1 Å². The van der Waals surface area contributed by atoms with E-state index < -0.39 is 0 Å². The second-order valence-corrected chi connectivity index (χ2v) is 8.61. The van der Waals surface area contributed by atoms with Crippen molar-refractivity contribution in [2.75, 3.05) is 0 Å². The molecule has 2 heterocycles. The summed E-state index contributed by atoms with van der Waals surface area (Å²) < 4.78 is 2.04. The number of hydrogen-bond donors (Lipinski definition) is 1. The van der Waals surface area contributed by atoms with Crippen LogP contribution in [-0.4, -0.2) is 30.9 Å². The van der Waals surface area contributed by atoms with Gasteiger partial charge in [0.2, 0.25) is 5.01 Å². The zero-order chi connectivity index (χ0) is 20.9. The van der Waals surface area contributed by atoms with E-state index in [0.717, 1.165) is 32.8 Å². The molecule has 0 atom stereocenters. The van der Waals surface area contributed by atoms with Crippen LogP contribution in [-0.2, 0) is 12.3 Å². The molecule has 0 saturated heterocycles. The van der Waals surface area contributed by atoms with Crippen molar-refractivity contribution in [3.8, 4) is 5.69 Å². The lowest BCUT2D eigenvalue weighted by molar-refractivity contribution is 0.0950. The minimum Gasteiger partial charge on any atom is -0.346 e. The SMILES string of the molecule is Cc1ccccc1-n1c(C)nnc1SCc1nnc(C(=O)NCc2ccccc2)s1. The van der Waals surface area contributed by atoms with E-state index in [1.807, 2.05) is 54.0 Å². The number of carbonyl (C=O) groups is 1. The molecule has 4 aromatic rings. The van der Waals surface area contributed by atoms with E-state index in [1.165, 1.54) is 23.1 Å². The highest BCUT2D eigenvalue weighted by Gasteiger charge is 2.16. The van der Waals surface area contributed by atoms with E-state index >= 15 is 0 Å². The Hall–Kier alpha value is -3.04. The maximum atomic E-state index is 12.3. The molecule has 2 aromatic carbocycles. The van der Waals surface area contributed by atoms with E-state index in [2.05, 4.69) is 44.8 Å². The van der Waals surface area contributed by atoms with Crippen molar-refractivity contribution in [1.29, 1.82) is 0 Å². The molecule has 9 heteroatoms. The minimum atomic E-state index is -0.216. The molecule has 4 rings (SSSR count). The summed E-state index contributed by atoms with van der Waals surface area (Å²) in [5.74, 6) is 1.17. The molecular formula is C21H20N6OS2. The second kappa shape index (κ2) is 9.19. The highest BCUT2D eigenvalue weighted by Crippen LogP contribution is 2.27. The van der Waals surface area contributed by atoms with Crippen LogP contribution in [0.1, 0.15) is 31.8 Å². The van der Waals surface area contributed by atoms with Gasteiger partial charge in [0.1, 0.15) is 10.8 Å². The van der Waals surface area contributed by atoms with Gasteiger partial charge in [0, 0.05) is 6.54 Å². The van der Waals surface area contributed by atoms with E-state index in [4.69, 9.17) is 0 Å². The third kappa shape index (κ3) is 4.58. The van der Waals surface area contributed by atoms with Gasteiger partial charge < -0.3 is 5.32 Å². The number of thioether (sulfide) groups is 1. The Morgan fingerprint density at radius 2 is 1.77 bits per heavy atom. The summed E-state index contributed by atoms with van der Waals surface area (Å²) >= 11 is 2.82. The number of aromatic nitrogens is 5. The molecule has 2 aromatic heterocycles. The lowest BCUT2D eigenvalue weighted by Crippen LogP contribution is -2.22. The first kappa shape index (κ1) is 20.2. The average Bonchev–Trinajstić information content (AvgIpc) is 3.38. The molecule has 0 saturated carbocycles. The van der Waals surface area contributed by atoms with Crippen LogP contribution in [0.4, 0.5) is 0 Å². The van der Waals surface area contributed by atoms with Gasteiger partial charge in [-0.15, -0.1) is 20.4 Å². The number of para-hydroxylation sites is 1. The van der Waals surface area contributed by atoms with Crippen molar-refractivity contribution in [1.82, 2.24) is 30.3 Å². The topological polar surface area (TPSA) is 85.6 Å². The lowest BCUT2D eigenvalue weighted by Gasteiger charge is -2.10. The fourth-order valence-corrected chi connectivity index (χ4v) is 4.64. The van der Waals surface area contributed by atoms with Gasteiger partial charge in [-0.25, -0.2) is 0 Å². The Morgan fingerprint density at radius 1 is 1.00 bits per heavy atom. The number of amides is 1. The van der Waals surface area contributed by atoms with Gasteiger partial charge in [0.15, 0.2) is 5.16 Å². The molecule has 30 heavy (non-hydrogen) atoms. The van der Waals surface area contributed by atoms with Crippen molar-refractivity contribution in [3.05, 3.63) is 81.6 Å². The molecule has 0 bridgehead atoms. The first-order chi connectivity index (χ1) is 14.6. The standard InChI is InChI=1S/C21H20N6OS2/c1-14-8-6-7-11-17(14)27-15(2)23-26-21(27)29-13-18-24-25-20(30-18)19(28)22-12-16-9-4-3-5-10-16/h3-11H,12-13H2,1-2H3,(H,22,28). The fraction of sp³-hybridized carbons (Fsp3) is 0.190. The van der Waals surface area contributed by atoms with Gasteiger partial charge >= 0.3 is 0 Å². The number of rotatable bonds is 7. The smallest absolute Gasteiger partial charge is 0.282 e. The van der Waals surface area contributed by atoms with E-state index in [0.29, 0.717) is 17.3 Å². The number of aryl methyl sites for hydroxylation is 2. The zero-order valence-corrected chi connectivity index (χ0v) is 18.2. The average molecular weight is 437 g/mol. The second-order valence-electron chi connectivity index (χ2n) is 6.61. The van der Waals surface area contributed by atoms with E-state index in [1.54, 1.807) is 0 Å². The van der Waals surface area contributed by atoms with E-state index in [9.17, 15) is 4.79 Å². The maximum Gasteiger partial charge on any atom is 0.282 e. The maximum absolute atomic E-state index is 12.3. The van der Waals surface area contributed by atoms with Crippen molar-refractivity contribution < 1.29 is 4.79 Å². The van der Waals surface area contributed by atoms with Gasteiger partial charge in [-0.3, -0.25) is 9.36 Å². The number of nitrogens with zero attached hydrogens (tertiary/aromatic N) is 5. The van der Waals surface area contributed by atoms with Crippen molar-refractivity contribution in [3.63, 3.8) is 0 Å². The van der Waals surface area contributed by atoms with Gasteiger partial charge in [-0.05, 0) is 31.0 Å². The van der Waals surface area contributed by atoms with Crippen molar-refractivity contribution in [2.45, 2.75) is 31.3 Å². The first-order valence-electron chi connectivity index (χ1n) is 9.37. The highest BCUT2D eigenvalue weighted by atomic mass is 32.2. The summed E-state index contributed by atoms with van der Waals surface area (Å²) in [6, 6.07) is 17.9. The Labute approximate surface area is 182 Å². The molecule has 152 valence electrons.